The summed E-state index contributed by atoms with van der Waals surface area (Å²) in [6.45, 7) is 1.95. The highest BCUT2D eigenvalue weighted by atomic mass is 15.1. The summed E-state index contributed by atoms with van der Waals surface area (Å²) in [5.41, 5.74) is 7.41. The smallest absolute Gasteiger partial charge is 0.223 e. The molecule has 0 saturated carbocycles. The van der Waals surface area contributed by atoms with Gasteiger partial charge in [-0.3, -0.25) is 4.98 Å². The van der Waals surface area contributed by atoms with Crippen molar-refractivity contribution in [2.75, 3.05) is 5.73 Å². The topological polar surface area (TPSA) is 77.6 Å². The molecule has 0 unspecified atom stereocenters. The molecule has 0 saturated heterocycles. The van der Waals surface area contributed by atoms with E-state index in [9.17, 15) is 0 Å². The first-order valence-corrected chi connectivity index (χ1v) is 4.13. The lowest BCUT2D eigenvalue weighted by Gasteiger charge is -2.02. The van der Waals surface area contributed by atoms with Gasteiger partial charge in [-0.15, -0.1) is 0 Å². The van der Waals surface area contributed by atoms with Gasteiger partial charge in [-0.1, -0.05) is 0 Å². The lowest BCUT2D eigenvalue weighted by Crippen LogP contribution is -1.99. The molecule has 0 amide bonds. The molecule has 0 aromatic carbocycles. The van der Waals surface area contributed by atoms with Gasteiger partial charge in [0.05, 0.1) is 0 Å². The zero-order chi connectivity index (χ0) is 9.97. The molecule has 2 aromatic rings. The van der Waals surface area contributed by atoms with E-state index in [1.165, 1.54) is 6.33 Å². The number of pyridine rings is 1. The van der Waals surface area contributed by atoms with Gasteiger partial charge >= 0.3 is 0 Å². The summed E-state index contributed by atoms with van der Waals surface area (Å²) in [6, 6.07) is 1.85. The van der Waals surface area contributed by atoms with Crippen LogP contribution >= 0.6 is 0 Å². The first kappa shape index (κ1) is 8.55. The summed E-state index contributed by atoms with van der Waals surface area (Å²) in [7, 11) is 0. The Kier molecular flexibility index (Phi) is 2.06. The molecule has 2 heterocycles. The van der Waals surface area contributed by atoms with Crippen LogP contribution in [0.1, 0.15) is 5.56 Å². The zero-order valence-corrected chi connectivity index (χ0v) is 7.68. The van der Waals surface area contributed by atoms with Crippen molar-refractivity contribution in [2.45, 2.75) is 6.92 Å². The standard InChI is InChI=1S/C9H9N5/c1-6-4-11-3-2-7(6)8-12-5-13-9(10)14-8/h2-5H,1H3,(H2,10,12,13,14). The monoisotopic (exact) mass is 187 g/mol. The maximum atomic E-state index is 5.47. The van der Waals surface area contributed by atoms with E-state index in [2.05, 4.69) is 19.9 Å². The Bertz CT molecular complexity index is 454. The Morgan fingerprint density at radius 1 is 1.29 bits per heavy atom. The van der Waals surface area contributed by atoms with E-state index in [1.54, 1.807) is 12.4 Å². The summed E-state index contributed by atoms with van der Waals surface area (Å²) >= 11 is 0. The third kappa shape index (κ3) is 1.52. The van der Waals surface area contributed by atoms with Gasteiger partial charge in [0, 0.05) is 18.0 Å². The predicted octanol–water partition coefficient (Wildman–Crippen LogP) is 0.824. The van der Waals surface area contributed by atoms with E-state index >= 15 is 0 Å². The number of nitrogens with zero attached hydrogens (tertiary/aromatic N) is 4. The molecule has 5 heteroatoms. The second kappa shape index (κ2) is 3.37. The number of nitrogens with two attached hydrogens (primary N) is 1. The van der Waals surface area contributed by atoms with Gasteiger partial charge in [-0.25, -0.2) is 9.97 Å². The van der Waals surface area contributed by atoms with Crippen LogP contribution in [0.5, 0.6) is 0 Å². The highest BCUT2D eigenvalue weighted by molar-refractivity contribution is 5.58. The molecule has 2 N–H and O–H groups in total. The summed E-state index contributed by atoms with van der Waals surface area (Å²) in [6.07, 6.45) is 4.86. The van der Waals surface area contributed by atoms with Crippen LogP contribution < -0.4 is 5.73 Å². The highest BCUT2D eigenvalue weighted by Crippen LogP contribution is 2.17. The van der Waals surface area contributed by atoms with E-state index in [4.69, 9.17) is 5.73 Å². The molecule has 0 radical (unpaired) electrons. The van der Waals surface area contributed by atoms with Crippen molar-refractivity contribution in [1.29, 1.82) is 0 Å². The van der Waals surface area contributed by atoms with Crippen LogP contribution in [0.4, 0.5) is 5.95 Å². The molecule has 5 nitrogen and oxygen atoms in total. The first-order chi connectivity index (χ1) is 6.77. The van der Waals surface area contributed by atoms with Crippen LogP contribution in [-0.2, 0) is 0 Å². The van der Waals surface area contributed by atoms with Crippen LogP contribution in [0, 0.1) is 6.92 Å². The fraction of sp³-hybridized carbons (Fsp3) is 0.111. The third-order valence-electron chi connectivity index (χ3n) is 1.85. The number of hydrogen-bond donors (Lipinski definition) is 1. The van der Waals surface area contributed by atoms with Crippen molar-refractivity contribution in [3.63, 3.8) is 0 Å². The van der Waals surface area contributed by atoms with Crippen molar-refractivity contribution < 1.29 is 0 Å². The van der Waals surface area contributed by atoms with Crippen LogP contribution in [0.2, 0.25) is 0 Å². The van der Waals surface area contributed by atoms with E-state index in [0.717, 1.165) is 11.1 Å². The molecule has 0 aliphatic heterocycles. The SMILES string of the molecule is Cc1cnccc1-c1ncnc(N)n1. The molecule has 0 aliphatic rings. The minimum Gasteiger partial charge on any atom is -0.368 e. The summed E-state index contributed by atoms with van der Waals surface area (Å²) < 4.78 is 0. The van der Waals surface area contributed by atoms with Gasteiger partial charge in [-0.05, 0) is 18.6 Å². The summed E-state index contributed by atoms with van der Waals surface area (Å²) in [5, 5.41) is 0. The molecule has 2 aromatic heterocycles. The van der Waals surface area contributed by atoms with Gasteiger partial charge in [-0.2, -0.15) is 4.98 Å². The van der Waals surface area contributed by atoms with E-state index in [1.807, 2.05) is 13.0 Å². The Morgan fingerprint density at radius 3 is 2.86 bits per heavy atom. The highest BCUT2D eigenvalue weighted by Gasteiger charge is 2.04. The molecule has 0 bridgehead atoms. The number of aryl methyl sites for hydroxylation is 1. The quantitative estimate of drug-likeness (QED) is 0.715. The first-order valence-electron chi connectivity index (χ1n) is 4.13. The average Bonchev–Trinajstić information content (AvgIpc) is 2.18. The van der Waals surface area contributed by atoms with Crippen LogP contribution in [0.25, 0.3) is 11.4 Å². The van der Waals surface area contributed by atoms with E-state index in [-0.39, 0.29) is 5.95 Å². The van der Waals surface area contributed by atoms with Gasteiger partial charge in [0.2, 0.25) is 5.95 Å². The largest absolute Gasteiger partial charge is 0.368 e. The predicted molar refractivity (Wildman–Crippen MR) is 52.2 cm³/mol. The molecule has 70 valence electrons. The minimum absolute atomic E-state index is 0.228. The number of rotatable bonds is 1. The van der Waals surface area contributed by atoms with Gasteiger partial charge in [0.1, 0.15) is 6.33 Å². The fourth-order valence-corrected chi connectivity index (χ4v) is 1.16. The summed E-state index contributed by atoms with van der Waals surface area (Å²) in [5.74, 6) is 0.809. The Labute approximate surface area is 81.1 Å². The molecule has 0 atom stereocenters. The van der Waals surface area contributed by atoms with E-state index < -0.39 is 0 Å². The van der Waals surface area contributed by atoms with Crippen molar-refractivity contribution in [2.24, 2.45) is 0 Å². The molecule has 0 fully saturated rings. The lowest BCUT2D eigenvalue weighted by molar-refractivity contribution is 1.06. The number of aromatic nitrogens is 4. The number of nitrogen functional groups attached to an aromatic ring is 1. The Hall–Kier alpha value is -2.04. The molecular formula is C9H9N5. The molecule has 14 heavy (non-hydrogen) atoms. The van der Waals surface area contributed by atoms with Crippen LogP contribution in [0.15, 0.2) is 24.8 Å². The van der Waals surface area contributed by atoms with Crippen molar-refractivity contribution in [3.05, 3.63) is 30.4 Å². The van der Waals surface area contributed by atoms with Crippen molar-refractivity contribution >= 4 is 5.95 Å². The second-order valence-corrected chi connectivity index (χ2v) is 2.86. The van der Waals surface area contributed by atoms with Gasteiger partial charge in [0.25, 0.3) is 0 Å². The second-order valence-electron chi connectivity index (χ2n) is 2.86. The normalized spacial score (nSPS) is 10.1. The molecule has 2 rings (SSSR count). The lowest BCUT2D eigenvalue weighted by atomic mass is 10.1. The van der Waals surface area contributed by atoms with Gasteiger partial charge < -0.3 is 5.73 Å². The van der Waals surface area contributed by atoms with Crippen molar-refractivity contribution in [1.82, 2.24) is 19.9 Å². The zero-order valence-electron chi connectivity index (χ0n) is 7.68. The number of anilines is 1. The molecular weight excluding hydrogens is 178 g/mol. The Morgan fingerprint density at radius 2 is 2.14 bits per heavy atom. The number of hydrogen-bond acceptors (Lipinski definition) is 5. The van der Waals surface area contributed by atoms with Crippen LogP contribution in [-0.4, -0.2) is 19.9 Å². The van der Waals surface area contributed by atoms with Gasteiger partial charge in [0.15, 0.2) is 5.82 Å². The maximum Gasteiger partial charge on any atom is 0.223 e. The molecule has 0 aliphatic carbocycles. The molecule has 0 spiro atoms. The van der Waals surface area contributed by atoms with E-state index in [0.29, 0.717) is 5.82 Å². The fourth-order valence-electron chi connectivity index (χ4n) is 1.16. The average molecular weight is 187 g/mol. The minimum atomic E-state index is 0.228. The summed E-state index contributed by atoms with van der Waals surface area (Å²) in [4.78, 5) is 15.8. The third-order valence-corrected chi connectivity index (χ3v) is 1.85. The van der Waals surface area contributed by atoms with Crippen molar-refractivity contribution in [3.8, 4) is 11.4 Å². The van der Waals surface area contributed by atoms with Crippen LogP contribution in [0.3, 0.4) is 0 Å². The Balaban J connectivity index is 2.55. The maximum absolute atomic E-state index is 5.47.